The topological polar surface area (TPSA) is 92.3 Å². The predicted molar refractivity (Wildman–Crippen MR) is 87.2 cm³/mol. The van der Waals surface area contributed by atoms with Gasteiger partial charge in [0.25, 0.3) is 10.0 Å². The third-order valence-electron chi connectivity index (χ3n) is 2.57. The molecule has 0 saturated carbocycles. The first-order chi connectivity index (χ1) is 10.2. The summed E-state index contributed by atoms with van der Waals surface area (Å²) in [6, 6.07) is 11.9. The number of rotatable bonds is 5. The van der Waals surface area contributed by atoms with Gasteiger partial charge in [-0.25, -0.2) is 16.8 Å². The molecule has 0 heterocycles. The minimum absolute atomic E-state index is 0.0505. The molecule has 0 radical (unpaired) electrons. The molecular weight excluding hydrogens is 348 g/mol. The van der Waals surface area contributed by atoms with E-state index in [1.54, 1.807) is 18.2 Å². The van der Waals surface area contributed by atoms with E-state index in [1.807, 2.05) is 0 Å². The zero-order valence-corrected chi connectivity index (χ0v) is 13.8. The van der Waals surface area contributed by atoms with E-state index < -0.39 is 20.0 Å². The summed E-state index contributed by atoms with van der Waals surface area (Å²) in [6.45, 7) is 0. The fourth-order valence-electron chi connectivity index (χ4n) is 1.69. The molecule has 6 nitrogen and oxygen atoms in total. The second-order valence-electron chi connectivity index (χ2n) is 4.48. The molecule has 2 aromatic carbocycles. The van der Waals surface area contributed by atoms with Crippen molar-refractivity contribution in [3.63, 3.8) is 0 Å². The molecule has 0 unspecified atom stereocenters. The fraction of sp³-hybridized carbons (Fsp3) is 0.0769. The molecule has 2 aromatic rings. The smallest absolute Gasteiger partial charge is 0.261 e. The molecule has 0 atom stereocenters. The van der Waals surface area contributed by atoms with E-state index in [1.165, 1.54) is 30.3 Å². The van der Waals surface area contributed by atoms with E-state index in [0.29, 0.717) is 0 Å². The number of hydrogen-bond acceptors (Lipinski definition) is 4. The van der Waals surface area contributed by atoms with Gasteiger partial charge >= 0.3 is 0 Å². The molecule has 0 aliphatic heterocycles. The normalized spacial score (nSPS) is 11.9. The molecule has 0 fully saturated rings. The number of hydrogen-bond donors (Lipinski definition) is 2. The molecule has 0 aliphatic rings. The molecule has 2 rings (SSSR count). The van der Waals surface area contributed by atoms with Crippen molar-refractivity contribution >= 4 is 43.0 Å². The maximum atomic E-state index is 12.3. The van der Waals surface area contributed by atoms with Crippen LogP contribution in [0.4, 0.5) is 11.4 Å². The van der Waals surface area contributed by atoms with E-state index in [2.05, 4.69) is 9.44 Å². The predicted octanol–water partition coefficient (Wildman–Crippen LogP) is 2.51. The van der Waals surface area contributed by atoms with Crippen molar-refractivity contribution in [3.8, 4) is 0 Å². The summed E-state index contributed by atoms with van der Waals surface area (Å²) in [5.74, 6) is 0. The van der Waals surface area contributed by atoms with Gasteiger partial charge in [0.05, 0.1) is 22.5 Å². The van der Waals surface area contributed by atoms with E-state index in [0.717, 1.165) is 6.26 Å². The molecule has 0 aliphatic carbocycles. The van der Waals surface area contributed by atoms with Gasteiger partial charge in [0, 0.05) is 5.02 Å². The molecule has 0 aromatic heterocycles. The van der Waals surface area contributed by atoms with Crippen LogP contribution in [-0.4, -0.2) is 23.1 Å². The van der Waals surface area contributed by atoms with Crippen LogP contribution in [0.25, 0.3) is 0 Å². The minimum Gasteiger partial charge on any atom is -0.282 e. The summed E-state index contributed by atoms with van der Waals surface area (Å²) in [6.07, 6.45) is 0.962. The second-order valence-corrected chi connectivity index (χ2v) is 8.35. The van der Waals surface area contributed by atoms with Crippen molar-refractivity contribution in [2.45, 2.75) is 4.90 Å². The maximum Gasteiger partial charge on any atom is 0.261 e. The lowest BCUT2D eigenvalue weighted by Crippen LogP contribution is -2.16. The van der Waals surface area contributed by atoms with E-state index >= 15 is 0 Å². The minimum atomic E-state index is -3.83. The van der Waals surface area contributed by atoms with Gasteiger partial charge in [-0.2, -0.15) is 0 Å². The maximum absolute atomic E-state index is 12.3. The molecule has 0 spiro atoms. The Morgan fingerprint density at radius 1 is 0.864 bits per heavy atom. The van der Waals surface area contributed by atoms with Crippen LogP contribution in [0.15, 0.2) is 53.4 Å². The highest BCUT2D eigenvalue weighted by Crippen LogP contribution is 2.28. The molecular formula is C13H13ClN2O4S2. The molecule has 0 saturated heterocycles. The average molecular weight is 361 g/mol. The molecule has 118 valence electrons. The summed E-state index contributed by atoms with van der Waals surface area (Å²) in [5.41, 5.74) is 0.133. The molecule has 2 N–H and O–H groups in total. The van der Waals surface area contributed by atoms with Crippen LogP contribution in [0.2, 0.25) is 5.02 Å². The van der Waals surface area contributed by atoms with Gasteiger partial charge in [-0.15, -0.1) is 0 Å². The number of anilines is 2. The summed E-state index contributed by atoms with van der Waals surface area (Å²) in [5, 5.41) is 0.272. The standard InChI is InChI=1S/C13H13ClN2O4S2/c1-21(17,18)15-13-9-10(14)7-8-12(13)16-22(19,20)11-5-3-2-4-6-11/h2-9,15-16H,1H3. The van der Waals surface area contributed by atoms with Crippen molar-refractivity contribution in [1.82, 2.24) is 0 Å². The van der Waals surface area contributed by atoms with Crippen LogP contribution < -0.4 is 9.44 Å². The first-order valence-corrected chi connectivity index (χ1v) is 9.78. The van der Waals surface area contributed by atoms with Crippen molar-refractivity contribution in [3.05, 3.63) is 53.6 Å². The van der Waals surface area contributed by atoms with Crippen LogP contribution >= 0.6 is 11.6 Å². The van der Waals surface area contributed by atoms with E-state index in [9.17, 15) is 16.8 Å². The second kappa shape index (κ2) is 6.15. The lowest BCUT2D eigenvalue weighted by Gasteiger charge is -2.13. The Hall–Kier alpha value is -1.77. The monoisotopic (exact) mass is 360 g/mol. The lowest BCUT2D eigenvalue weighted by molar-refractivity contribution is 0.600. The Balaban J connectivity index is 2.42. The number of nitrogens with one attached hydrogen (secondary N) is 2. The van der Waals surface area contributed by atoms with Crippen LogP contribution in [0.1, 0.15) is 0 Å². The molecule has 9 heteroatoms. The highest BCUT2D eigenvalue weighted by molar-refractivity contribution is 7.93. The zero-order chi connectivity index (χ0) is 16.4. The highest BCUT2D eigenvalue weighted by atomic mass is 35.5. The first-order valence-electron chi connectivity index (χ1n) is 6.02. The van der Waals surface area contributed by atoms with Crippen molar-refractivity contribution < 1.29 is 16.8 Å². The fourth-order valence-corrected chi connectivity index (χ4v) is 3.53. The number of halogens is 1. The Kier molecular flexibility index (Phi) is 4.64. The summed E-state index contributed by atoms with van der Waals surface area (Å²) in [7, 11) is -7.41. The van der Waals surface area contributed by atoms with Gasteiger partial charge in [-0.1, -0.05) is 29.8 Å². The highest BCUT2D eigenvalue weighted by Gasteiger charge is 2.17. The van der Waals surface area contributed by atoms with E-state index in [-0.39, 0.29) is 21.3 Å². The van der Waals surface area contributed by atoms with Crippen LogP contribution in [0.3, 0.4) is 0 Å². The van der Waals surface area contributed by atoms with Crippen LogP contribution in [0.5, 0.6) is 0 Å². The van der Waals surface area contributed by atoms with Gasteiger partial charge in [-0.3, -0.25) is 9.44 Å². The third kappa shape index (κ3) is 4.36. The molecule has 0 bridgehead atoms. The lowest BCUT2D eigenvalue weighted by atomic mass is 10.3. The summed E-state index contributed by atoms with van der Waals surface area (Å²) < 4.78 is 51.9. The molecule has 22 heavy (non-hydrogen) atoms. The van der Waals surface area contributed by atoms with Gasteiger partial charge in [0.15, 0.2) is 0 Å². The van der Waals surface area contributed by atoms with Gasteiger partial charge < -0.3 is 0 Å². The van der Waals surface area contributed by atoms with Crippen LogP contribution in [0, 0.1) is 0 Å². The molecule has 0 amide bonds. The largest absolute Gasteiger partial charge is 0.282 e. The number of sulfonamides is 2. The Morgan fingerprint density at radius 3 is 2.09 bits per heavy atom. The van der Waals surface area contributed by atoms with Crippen molar-refractivity contribution in [2.24, 2.45) is 0 Å². The van der Waals surface area contributed by atoms with E-state index in [4.69, 9.17) is 11.6 Å². The third-order valence-corrected chi connectivity index (χ3v) is 4.78. The van der Waals surface area contributed by atoms with Gasteiger partial charge in [-0.05, 0) is 30.3 Å². The average Bonchev–Trinajstić information content (AvgIpc) is 2.41. The quantitative estimate of drug-likeness (QED) is 0.856. The van der Waals surface area contributed by atoms with Crippen LogP contribution in [-0.2, 0) is 20.0 Å². The Bertz CT molecular complexity index is 882. The SMILES string of the molecule is CS(=O)(=O)Nc1cc(Cl)ccc1NS(=O)(=O)c1ccccc1. The summed E-state index contributed by atoms with van der Waals surface area (Å²) >= 11 is 5.82. The Morgan fingerprint density at radius 2 is 1.50 bits per heavy atom. The zero-order valence-electron chi connectivity index (χ0n) is 11.4. The van der Waals surface area contributed by atoms with Crippen molar-refractivity contribution in [1.29, 1.82) is 0 Å². The van der Waals surface area contributed by atoms with Gasteiger partial charge in [0.2, 0.25) is 10.0 Å². The Labute approximate surface area is 134 Å². The first kappa shape index (κ1) is 16.6. The van der Waals surface area contributed by atoms with Gasteiger partial charge in [0.1, 0.15) is 0 Å². The number of benzene rings is 2. The summed E-state index contributed by atoms with van der Waals surface area (Å²) in [4.78, 5) is 0.0651. The van der Waals surface area contributed by atoms with Crippen molar-refractivity contribution in [2.75, 3.05) is 15.7 Å².